The van der Waals surface area contributed by atoms with E-state index in [4.69, 9.17) is 11.5 Å². The van der Waals surface area contributed by atoms with E-state index < -0.39 is 47.9 Å². The van der Waals surface area contributed by atoms with Crippen LogP contribution in [0.15, 0.2) is 0 Å². The predicted octanol–water partition coefficient (Wildman–Crippen LogP) is 0.534. The second kappa shape index (κ2) is 18.8. The Labute approximate surface area is 211 Å². The highest BCUT2D eigenvalue weighted by molar-refractivity contribution is 7.98. The Morgan fingerprint density at radius 3 is 1.85 bits per heavy atom. The molecular weight excluding hydrogens is 478 g/mol. The molecule has 0 aliphatic rings. The first-order chi connectivity index (χ1) is 16.1. The molecule has 0 aromatic carbocycles. The quantitative estimate of drug-likeness (QED) is 0.132. The van der Waals surface area contributed by atoms with Crippen molar-refractivity contribution in [2.24, 2.45) is 17.4 Å². The lowest BCUT2D eigenvalue weighted by Gasteiger charge is -2.26. The van der Waals surface area contributed by atoms with Gasteiger partial charge in [0.05, 0.1) is 6.04 Å². The van der Waals surface area contributed by atoms with Gasteiger partial charge in [-0.3, -0.25) is 14.4 Å². The second-order valence-electron chi connectivity index (χ2n) is 8.61. The van der Waals surface area contributed by atoms with Crippen molar-refractivity contribution in [1.82, 2.24) is 16.0 Å². The van der Waals surface area contributed by atoms with Gasteiger partial charge in [0.25, 0.3) is 0 Å². The smallest absolute Gasteiger partial charge is 0.326 e. The summed E-state index contributed by atoms with van der Waals surface area (Å²) in [5.41, 5.74) is 11.5. The number of hydrogen-bond donors (Lipinski definition) is 6. The van der Waals surface area contributed by atoms with Gasteiger partial charge in [-0.1, -0.05) is 13.8 Å². The van der Waals surface area contributed by atoms with Gasteiger partial charge < -0.3 is 32.5 Å². The van der Waals surface area contributed by atoms with E-state index in [1.54, 1.807) is 11.8 Å². The van der Waals surface area contributed by atoms with Crippen molar-refractivity contribution >= 4 is 47.2 Å². The van der Waals surface area contributed by atoms with Gasteiger partial charge in [0.15, 0.2) is 0 Å². The predicted molar refractivity (Wildman–Crippen MR) is 140 cm³/mol. The van der Waals surface area contributed by atoms with Crippen molar-refractivity contribution in [3.8, 4) is 0 Å². The fraction of sp³-hybridized carbons (Fsp3) is 0.818. The highest BCUT2D eigenvalue weighted by Crippen LogP contribution is 2.09. The van der Waals surface area contributed by atoms with E-state index in [1.807, 2.05) is 26.4 Å². The first-order valence-electron chi connectivity index (χ1n) is 11.6. The molecule has 34 heavy (non-hydrogen) atoms. The van der Waals surface area contributed by atoms with Crippen molar-refractivity contribution in [2.45, 2.75) is 76.5 Å². The van der Waals surface area contributed by atoms with Crippen molar-refractivity contribution in [2.75, 3.05) is 30.6 Å². The van der Waals surface area contributed by atoms with Crippen LogP contribution in [0.3, 0.4) is 0 Å². The Morgan fingerprint density at radius 2 is 1.32 bits per heavy atom. The second-order valence-corrected chi connectivity index (χ2v) is 10.6. The molecule has 0 heterocycles. The molecule has 0 aromatic heterocycles. The van der Waals surface area contributed by atoms with Crippen molar-refractivity contribution in [3.05, 3.63) is 0 Å². The molecule has 3 amide bonds. The number of carbonyl (C=O) groups excluding carboxylic acids is 3. The standard InChI is InChI=1S/C22H43N5O5S2/c1-14(2)13-18(27-19(28)15(24)8-11-33-3)21(30)25-16(7-5-6-10-23)20(29)26-17(22(31)32)9-12-34-4/h14-18H,5-13,23-24H2,1-4H3,(H,25,30)(H,26,29)(H,27,28)(H,31,32). The topological polar surface area (TPSA) is 177 Å². The zero-order valence-corrected chi connectivity index (χ0v) is 22.4. The zero-order chi connectivity index (χ0) is 26.1. The van der Waals surface area contributed by atoms with Crippen LogP contribution >= 0.6 is 23.5 Å². The van der Waals surface area contributed by atoms with E-state index in [-0.39, 0.29) is 12.3 Å². The first-order valence-corrected chi connectivity index (χ1v) is 14.4. The molecule has 0 radical (unpaired) electrons. The summed E-state index contributed by atoms with van der Waals surface area (Å²) >= 11 is 3.06. The molecular formula is C22H43N5O5S2. The molecule has 198 valence electrons. The number of nitrogens with one attached hydrogen (secondary N) is 3. The third-order valence-electron chi connectivity index (χ3n) is 5.11. The van der Waals surface area contributed by atoms with Gasteiger partial charge >= 0.3 is 5.97 Å². The zero-order valence-electron chi connectivity index (χ0n) is 20.8. The average Bonchev–Trinajstić information content (AvgIpc) is 2.78. The number of carbonyl (C=O) groups is 4. The molecule has 8 N–H and O–H groups in total. The van der Waals surface area contributed by atoms with E-state index >= 15 is 0 Å². The number of carboxylic acids is 1. The number of thioether (sulfide) groups is 2. The number of hydrogen-bond acceptors (Lipinski definition) is 8. The number of amides is 3. The maximum absolute atomic E-state index is 13.1. The van der Waals surface area contributed by atoms with Crippen molar-refractivity contribution in [3.63, 3.8) is 0 Å². The Balaban J connectivity index is 5.43. The van der Waals surface area contributed by atoms with Crippen LogP contribution in [0.1, 0.15) is 52.4 Å². The number of unbranched alkanes of at least 4 members (excludes halogenated alkanes) is 1. The molecule has 0 aliphatic heterocycles. The first kappa shape index (κ1) is 32.5. The van der Waals surface area contributed by atoms with Gasteiger partial charge in [0.2, 0.25) is 17.7 Å². The van der Waals surface area contributed by atoms with E-state index in [2.05, 4.69) is 16.0 Å². The van der Waals surface area contributed by atoms with Crippen molar-refractivity contribution in [1.29, 1.82) is 0 Å². The molecule has 0 spiro atoms. The summed E-state index contributed by atoms with van der Waals surface area (Å²) in [4.78, 5) is 50.1. The van der Waals surface area contributed by atoms with Crippen LogP contribution in [-0.4, -0.2) is 83.5 Å². The van der Waals surface area contributed by atoms with Gasteiger partial charge in [0, 0.05) is 0 Å². The minimum Gasteiger partial charge on any atom is -0.480 e. The molecule has 10 nitrogen and oxygen atoms in total. The fourth-order valence-electron chi connectivity index (χ4n) is 3.16. The van der Waals surface area contributed by atoms with Crippen LogP contribution in [0.2, 0.25) is 0 Å². The largest absolute Gasteiger partial charge is 0.480 e. The van der Waals surface area contributed by atoms with Crippen LogP contribution < -0.4 is 27.4 Å². The number of carboxylic acid groups (broad SMARTS) is 1. The average molecular weight is 522 g/mol. The third kappa shape index (κ3) is 14.0. The minimum atomic E-state index is -1.13. The summed E-state index contributed by atoms with van der Waals surface area (Å²) < 4.78 is 0. The van der Waals surface area contributed by atoms with E-state index in [0.29, 0.717) is 44.4 Å². The SMILES string of the molecule is CSCCC(N)C(=O)NC(CC(C)C)C(=O)NC(CCCCN)C(=O)NC(CCSC)C(=O)O. The minimum absolute atomic E-state index is 0.103. The summed E-state index contributed by atoms with van der Waals surface area (Å²) in [6.45, 7) is 4.29. The monoisotopic (exact) mass is 521 g/mol. The summed E-state index contributed by atoms with van der Waals surface area (Å²) in [5.74, 6) is -1.21. The summed E-state index contributed by atoms with van der Waals surface area (Å²) in [6, 6.07) is -3.57. The van der Waals surface area contributed by atoms with Gasteiger partial charge in [-0.25, -0.2) is 4.79 Å². The number of rotatable bonds is 19. The maximum Gasteiger partial charge on any atom is 0.326 e. The molecule has 0 fully saturated rings. The van der Waals surface area contributed by atoms with Crippen LogP contribution in [0.4, 0.5) is 0 Å². The van der Waals surface area contributed by atoms with Crippen molar-refractivity contribution < 1.29 is 24.3 Å². The maximum atomic E-state index is 13.1. The Bertz CT molecular complexity index is 639. The highest BCUT2D eigenvalue weighted by Gasteiger charge is 2.30. The van der Waals surface area contributed by atoms with Gasteiger partial charge in [-0.05, 0) is 75.0 Å². The third-order valence-corrected chi connectivity index (χ3v) is 6.40. The van der Waals surface area contributed by atoms with Crippen LogP contribution in [0, 0.1) is 5.92 Å². The molecule has 0 bridgehead atoms. The van der Waals surface area contributed by atoms with Gasteiger partial charge in [0.1, 0.15) is 18.1 Å². The molecule has 4 atom stereocenters. The number of aliphatic carboxylic acids is 1. The summed E-state index contributed by atoms with van der Waals surface area (Å²) in [5, 5.41) is 17.4. The van der Waals surface area contributed by atoms with Crippen LogP contribution in [-0.2, 0) is 19.2 Å². The fourth-order valence-corrected chi connectivity index (χ4v) is 4.12. The Morgan fingerprint density at radius 1 is 0.794 bits per heavy atom. The van der Waals surface area contributed by atoms with E-state index in [0.717, 1.165) is 5.75 Å². The normalized spacial score (nSPS) is 14.7. The van der Waals surface area contributed by atoms with E-state index in [1.165, 1.54) is 11.8 Å². The highest BCUT2D eigenvalue weighted by atomic mass is 32.2. The molecule has 0 rings (SSSR count). The Hall–Kier alpha value is -1.50. The van der Waals surface area contributed by atoms with Crippen LogP contribution in [0.5, 0.6) is 0 Å². The number of nitrogens with two attached hydrogens (primary N) is 2. The Kier molecular flexibility index (Phi) is 18.0. The molecule has 4 unspecified atom stereocenters. The van der Waals surface area contributed by atoms with E-state index in [9.17, 15) is 24.3 Å². The lowest BCUT2D eigenvalue weighted by Crippen LogP contribution is -2.57. The summed E-state index contributed by atoms with van der Waals surface area (Å²) in [6.07, 6.45) is 6.45. The molecule has 0 aliphatic carbocycles. The van der Waals surface area contributed by atoms with Crippen LogP contribution in [0.25, 0.3) is 0 Å². The lowest BCUT2D eigenvalue weighted by atomic mass is 10.0. The van der Waals surface area contributed by atoms with Gasteiger partial charge in [-0.2, -0.15) is 23.5 Å². The molecule has 0 saturated carbocycles. The van der Waals surface area contributed by atoms with Gasteiger partial charge in [-0.15, -0.1) is 0 Å². The lowest BCUT2D eigenvalue weighted by molar-refractivity contribution is -0.142. The molecule has 12 heteroatoms. The molecule has 0 aromatic rings. The summed E-state index contributed by atoms with van der Waals surface area (Å²) in [7, 11) is 0. The molecule has 0 saturated heterocycles.